The van der Waals surface area contributed by atoms with Crippen LogP contribution in [-0.2, 0) is 11.2 Å². The topological polar surface area (TPSA) is 59.3 Å². The molecule has 29 heavy (non-hydrogen) atoms. The molecule has 1 atom stereocenters. The first-order valence-electron chi connectivity index (χ1n) is 9.28. The van der Waals surface area contributed by atoms with Crippen LogP contribution in [0.1, 0.15) is 17.2 Å². The lowest BCUT2D eigenvalue weighted by atomic mass is 9.96. The number of carbonyl (C=O) groups is 1. The molecule has 1 aliphatic rings. The number of carboxylic acids is 1. The Morgan fingerprint density at radius 2 is 1.90 bits per heavy atom. The number of hydrogen-bond donors (Lipinski definition) is 1. The number of aromatic nitrogens is 1. The molecule has 1 aliphatic heterocycles. The Labute approximate surface area is 175 Å². The molecule has 2 aromatic carbocycles. The predicted octanol–water partition coefficient (Wildman–Crippen LogP) is 5.05. The zero-order valence-electron chi connectivity index (χ0n) is 15.4. The Morgan fingerprint density at radius 3 is 2.69 bits per heavy atom. The number of benzene rings is 2. The number of thiophene rings is 1. The zero-order valence-corrected chi connectivity index (χ0v) is 17.0. The Kier molecular flexibility index (Phi) is 4.53. The largest absolute Gasteiger partial charge is 0.480 e. The maximum Gasteiger partial charge on any atom is 0.327 e. The van der Waals surface area contributed by atoms with Gasteiger partial charge >= 0.3 is 5.97 Å². The van der Waals surface area contributed by atoms with Crippen molar-refractivity contribution in [3.8, 4) is 10.4 Å². The number of aliphatic carboxylic acids is 1. The second-order valence-corrected chi connectivity index (χ2v) is 8.97. The molecule has 0 bridgehead atoms. The van der Waals surface area contributed by atoms with E-state index < -0.39 is 12.0 Å². The lowest BCUT2D eigenvalue weighted by Crippen LogP contribution is -2.29. The van der Waals surface area contributed by atoms with Gasteiger partial charge in [0.1, 0.15) is 6.04 Å². The van der Waals surface area contributed by atoms with Crippen LogP contribution >= 0.6 is 23.1 Å². The molecule has 0 fully saturated rings. The van der Waals surface area contributed by atoms with Gasteiger partial charge in [0.05, 0.1) is 5.03 Å². The normalized spacial score (nSPS) is 15.5. The van der Waals surface area contributed by atoms with Crippen LogP contribution in [0.15, 0.2) is 75.9 Å². The van der Waals surface area contributed by atoms with Gasteiger partial charge in [-0.3, -0.25) is 9.36 Å². The molecule has 0 saturated heterocycles. The van der Waals surface area contributed by atoms with E-state index in [-0.39, 0.29) is 5.56 Å². The number of fused-ring (bicyclic) bond motifs is 2. The van der Waals surface area contributed by atoms with Crippen molar-refractivity contribution in [2.45, 2.75) is 17.5 Å². The summed E-state index contributed by atoms with van der Waals surface area (Å²) in [4.78, 5) is 25.6. The van der Waals surface area contributed by atoms with Gasteiger partial charge < -0.3 is 5.11 Å². The van der Waals surface area contributed by atoms with E-state index in [9.17, 15) is 14.7 Å². The molecule has 144 valence electrons. The van der Waals surface area contributed by atoms with Gasteiger partial charge in [-0.15, -0.1) is 23.1 Å². The molecule has 2 aromatic heterocycles. The third kappa shape index (κ3) is 3.09. The highest BCUT2D eigenvalue weighted by Gasteiger charge is 2.33. The van der Waals surface area contributed by atoms with Gasteiger partial charge in [0.2, 0.25) is 0 Å². The highest BCUT2D eigenvalue weighted by Crippen LogP contribution is 2.43. The number of pyridine rings is 1. The van der Waals surface area contributed by atoms with Gasteiger partial charge in [-0.05, 0) is 39.8 Å². The monoisotopic (exact) mass is 419 g/mol. The molecule has 6 heteroatoms. The highest BCUT2D eigenvalue weighted by atomic mass is 32.2. The minimum atomic E-state index is -0.961. The van der Waals surface area contributed by atoms with E-state index in [2.05, 4.69) is 24.3 Å². The molecule has 4 nitrogen and oxygen atoms in total. The number of thioether (sulfide) groups is 1. The van der Waals surface area contributed by atoms with Gasteiger partial charge in [0, 0.05) is 22.3 Å². The summed E-state index contributed by atoms with van der Waals surface area (Å²) >= 11 is 3.07. The van der Waals surface area contributed by atoms with Gasteiger partial charge in [-0.2, -0.15) is 0 Å². The van der Waals surface area contributed by atoms with Crippen molar-refractivity contribution in [1.82, 2.24) is 4.57 Å². The van der Waals surface area contributed by atoms with Crippen molar-refractivity contribution in [2.75, 3.05) is 5.75 Å². The predicted molar refractivity (Wildman–Crippen MR) is 118 cm³/mol. The van der Waals surface area contributed by atoms with Gasteiger partial charge in [-0.1, -0.05) is 48.5 Å². The van der Waals surface area contributed by atoms with E-state index >= 15 is 0 Å². The van der Waals surface area contributed by atoms with Gasteiger partial charge in [-0.25, -0.2) is 4.79 Å². The van der Waals surface area contributed by atoms with E-state index in [1.165, 1.54) is 27.1 Å². The summed E-state index contributed by atoms with van der Waals surface area (Å²) in [7, 11) is 0. The Morgan fingerprint density at radius 1 is 1.07 bits per heavy atom. The van der Waals surface area contributed by atoms with Crippen molar-refractivity contribution in [3.05, 3.63) is 87.5 Å². The van der Waals surface area contributed by atoms with E-state index in [1.807, 2.05) is 35.7 Å². The van der Waals surface area contributed by atoms with Crippen LogP contribution < -0.4 is 5.56 Å². The first kappa shape index (κ1) is 18.2. The minimum Gasteiger partial charge on any atom is -0.480 e. The number of hydrogen-bond acceptors (Lipinski definition) is 4. The van der Waals surface area contributed by atoms with Crippen molar-refractivity contribution in [3.63, 3.8) is 0 Å². The standard InChI is InChI=1S/C23H17NO3S2/c25-20-12-16(11-15-7-3-6-14-5-1-2-8-17(14)15)21(19-9-4-10-28-19)22-24(20)18(13-29-22)23(26)27/h1-10,12,18H,11,13H2,(H,26,27)/t18-/m0/s1. The second kappa shape index (κ2) is 7.21. The van der Waals surface area contributed by atoms with E-state index in [0.29, 0.717) is 12.2 Å². The summed E-state index contributed by atoms with van der Waals surface area (Å²) < 4.78 is 1.45. The smallest absolute Gasteiger partial charge is 0.327 e. The number of nitrogens with zero attached hydrogens (tertiary/aromatic N) is 1. The third-order valence-corrected chi connectivity index (χ3v) is 7.34. The third-order valence-electron chi connectivity index (χ3n) is 5.29. The van der Waals surface area contributed by atoms with Gasteiger partial charge in [0.15, 0.2) is 0 Å². The summed E-state index contributed by atoms with van der Waals surface area (Å²) in [6.45, 7) is 0. The quantitative estimate of drug-likeness (QED) is 0.503. The molecular formula is C23H17NO3S2. The SMILES string of the molecule is O=C(O)[C@@H]1CSc2c(-c3cccs3)c(Cc3cccc4ccccc34)cc(=O)n21. The van der Waals surface area contributed by atoms with Crippen molar-refractivity contribution in [1.29, 1.82) is 0 Å². The molecule has 0 spiro atoms. The number of rotatable bonds is 4. The maximum atomic E-state index is 12.9. The fourth-order valence-electron chi connectivity index (χ4n) is 3.98. The van der Waals surface area contributed by atoms with Gasteiger partial charge in [0.25, 0.3) is 5.56 Å². The molecule has 1 N–H and O–H groups in total. The average molecular weight is 420 g/mol. The maximum absolute atomic E-state index is 12.9. The molecular weight excluding hydrogens is 402 g/mol. The molecule has 3 heterocycles. The molecule has 0 amide bonds. The molecule has 4 aromatic rings. The van der Waals surface area contributed by atoms with Crippen molar-refractivity contribution in [2.24, 2.45) is 0 Å². The van der Waals surface area contributed by atoms with E-state index in [1.54, 1.807) is 17.4 Å². The van der Waals surface area contributed by atoms with Crippen molar-refractivity contribution >= 4 is 39.8 Å². The number of carboxylic acid groups (broad SMARTS) is 1. The summed E-state index contributed by atoms with van der Waals surface area (Å²) in [6.07, 6.45) is 0.621. The van der Waals surface area contributed by atoms with Crippen LogP contribution in [0.25, 0.3) is 21.2 Å². The molecule has 0 aliphatic carbocycles. The zero-order chi connectivity index (χ0) is 20.0. The molecule has 0 unspecified atom stereocenters. The molecule has 0 radical (unpaired) electrons. The Hall–Kier alpha value is -2.83. The van der Waals surface area contributed by atoms with Crippen LogP contribution in [-0.4, -0.2) is 21.4 Å². The van der Waals surface area contributed by atoms with Crippen molar-refractivity contribution < 1.29 is 9.90 Å². The second-order valence-electron chi connectivity index (χ2n) is 7.02. The van der Waals surface area contributed by atoms with Crippen LogP contribution in [0.2, 0.25) is 0 Å². The van der Waals surface area contributed by atoms with Crippen LogP contribution in [0.3, 0.4) is 0 Å². The fourth-order valence-corrected chi connectivity index (χ4v) is 6.20. The average Bonchev–Trinajstić information content (AvgIpc) is 3.39. The molecule has 5 rings (SSSR count). The summed E-state index contributed by atoms with van der Waals surface area (Å²) in [5.41, 5.74) is 2.84. The molecule has 0 saturated carbocycles. The Balaban J connectivity index is 1.72. The minimum absolute atomic E-state index is 0.243. The Bertz CT molecular complexity index is 1290. The first-order chi connectivity index (χ1) is 14.1. The summed E-state index contributed by atoms with van der Waals surface area (Å²) in [6, 6.07) is 19.3. The van der Waals surface area contributed by atoms with E-state index in [0.717, 1.165) is 26.6 Å². The van der Waals surface area contributed by atoms with Crippen LogP contribution in [0.5, 0.6) is 0 Å². The lowest BCUT2D eigenvalue weighted by Gasteiger charge is -2.16. The summed E-state index contributed by atoms with van der Waals surface area (Å²) in [5, 5.41) is 14.7. The lowest BCUT2D eigenvalue weighted by molar-refractivity contribution is -0.140. The van der Waals surface area contributed by atoms with E-state index in [4.69, 9.17) is 0 Å². The highest BCUT2D eigenvalue weighted by molar-refractivity contribution is 7.99. The fraction of sp³-hybridized carbons (Fsp3) is 0.130. The van der Waals surface area contributed by atoms with Crippen LogP contribution in [0, 0.1) is 0 Å². The summed E-state index contributed by atoms with van der Waals surface area (Å²) in [5.74, 6) is -0.585. The first-order valence-corrected chi connectivity index (χ1v) is 11.1. The van der Waals surface area contributed by atoms with Crippen LogP contribution in [0.4, 0.5) is 0 Å².